The molecule has 0 radical (unpaired) electrons. The molecule has 0 amide bonds. The van der Waals surface area contributed by atoms with Gasteiger partial charge in [0, 0.05) is 5.69 Å². The monoisotopic (exact) mass is 356 g/mol. The van der Waals surface area contributed by atoms with E-state index < -0.39 is 0 Å². The summed E-state index contributed by atoms with van der Waals surface area (Å²) in [6.45, 7) is 0. The maximum absolute atomic E-state index is 9.10. The van der Waals surface area contributed by atoms with Crippen LogP contribution in [0.2, 0.25) is 5.15 Å². The van der Waals surface area contributed by atoms with E-state index in [1.54, 1.807) is 24.3 Å². The standard InChI is InChI=1S/C18H17ClN4O2/c1-24-18(22)13-8-12(5-6-14(13)21)25-15-4-2-3-10-7-11(9-20)17(19)23-16(10)15/h5-8,15,22H,2-4,21H2,1H3. The van der Waals surface area contributed by atoms with Crippen LogP contribution in [0.4, 0.5) is 5.69 Å². The van der Waals surface area contributed by atoms with Gasteiger partial charge in [0.2, 0.25) is 5.90 Å². The number of ether oxygens (including phenoxy) is 2. The molecule has 0 aliphatic heterocycles. The van der Waals surface area contributed by atoms with Crippen molar-refractivity contribution in [2.45, 2.75) is 25.4 Å². The van der Waals surface area contributed by atoms with Crippen LogP contribution >= 0.6 is 11.6 Å². The first kappa shape index (κ1) is 17.1. The number of nitrogens with one attached hydrogen (secondary N) is 1. The molecular formula is C18H17ClN4O2. The highest BCUT2D eigenvalue weighted by molar-refractivity contribution is 6.30. The maximum atomic E-state index is 9.10. The third-order valence-corrected chi connectivity index (χ3v) is 4.47. The molecule has 1 aromatic heterocycles. The minimum atomic E-state index is -0.262. The number of anilines is 1. The molecule has 1 heterocycles. The van der Waals surface area contributed by atoms with Crippen LogP contribution in [-0.2, 0) is 11.2 Å². The molecule has 1 aliphatic carbocycles. The van der Waals surface area contributed by atoms with Crippen LogP contribution in [0.25, 0.3) is 0 Å². The van der Waals surface area contributed by atoms with Gasteiger partial charge in [-0.1, -0.05) is 11.6 Å². The quantitative estimate of drug-likeness (QED) is 0.378. The van der Waals surface area contributed by atoms with Crippen molar-refractivity contribution in [2.24, 2.45) is 0 Å². The first-order valence-corrected chi connectivity index (χ1v) is 8.19. The van der Waals surface area contributed by atoms with E-state index in [9.17, 15) is 0 Å². The van der Waals surface area contributed by atoms with Crippen molar-refractivity contribution >= 4 is 23.2 Å². The van der Waals surface area contributed by atoms with E-state index in [0.29, 0.717) is 22.6 Å². The zero-order valence-electron chi connectivity index (χ0n) is 13.7. The molecule has 3 rings (SSSR count). The van der Waals surface area contributed by atoms with Crippen molar-refractivity contribution in [1.82, 2.24) is 4.98 Å². The first-order valence-electron chi connectivity index (χ1n) is 7.82. The van der Waals surface area contributed by atoms with Gasteiger partial charge in [-0.3, -0.25) is 5.41 Å². The Morgan fingerprint density at radius 2 is 2.24 bits per heavy atom. The second-order valence-corrected chi connectivity index (χ2v) is 6.12. The minimum Gasteiger partial charge on any atom is -0.484 e. The first-order chi connectivity index (χ1) is 12.0. The van der Waals surface area contributed by atoms with Crippen LogP contribution in [0.5, 0.6) is 5.75 Å². The molecule has 3 N–H and O–H groups in total. The summed E-state index contributed by atoms with van der Waals surface area (Å²) in [6, 6.07) is 8.96. The second-order valence-electron chi connectivity index (χ2n) is 5.76. The zero-order valence-corrected chi connectivity index (χ0v) is 14.4. The van der Waals surface area contributed by atoms with Crippen molar-refractivity contribution in [3.63, 3.8) is 0 Å². The number of nitrogens with two attached hydrogens (primary N) is 1. The third-order valence-electron chi connectivity index (χ3n) is 4.18. The van der Waals surface area contributed by atoms with E-state index in [2.05, 4.69) is 11.1 Å². The van der Waals surface area contributed by atoms with Crippen molar-refractivity contribution in [2.75, 3.05) is 12.8 Å². The number of aromatic nitrogens is 1. The number of hydrogen-bond acceptors (Lipinski definition) is 6. The molecule has 1 atom stereocenters. The largest absolute Gasteiger partial charge is 0.484 e. The van der Waals surface area contributed by atoms with Gasteiger partial charge in [-0.25, -0.2) is 4.98 Å². The summed E-state index contributed by atoms with van der Waals surface area (Å²) in [6.07, 6.45) is 2.31. The number of nitriles is 1. The van der Waals surface area contributed by atoms with E-state index in [1.807, 2.05) is 0 Å². The number of pyridine rings is 1. The normalized spacial score (nSPS) is 15.8. The Labute approximate surface area is 150 Å². The van der Waals surface area contributed by atoms with Crippen molar-refractivity contribution in [1.29, 1.82) is 10.7 Å². The minimum absolute atomic E-state index is 0.0215. The number of benzene rings is 1. The second kappa shape index (κ2) is 6.99. The summed E-state index contributed by atoms with van der Waals surface area (Å²) >= 11 is 6.09. The number of rotatable bonds is 3. The van der Waals surface area contributed by atoms with Gasteiger partial charge in [0.25, 0.3) is 0 Å². The Kier molecular flexibility index (Phi) is 4.77. The Balaban J connectivity index is 1.92. The lowest BCUT2D eigenvalue weighted by Crippen LogP contribution is -2.18. The predicted octanol–water partition coefficient (Wildman–Crippen LogP) is 3.62. The molecule has 128 valence electrons. The van der Waals surface area contributed by atoms with Crippen LogP contribution in [0.1, 0.15) is 41.3 Å². The lowest BCUT2D eigenvalue weighted by Gasteiger charge is -2.26. The molecule has 6 nitrogen and oxygen atoms in total. The molecule has 0 fully saturated rings. The SMILES string of the molecule is COC(=N)c1cc(OC2CCCc3cc(C#N)c(Cl)nc32)ccc1N. The van der Waals surface area contributed by atoms with Gasteiger partial charge in [-0.15, -0.1) is 0 Å². The number of nitrogens with zero attached hydrogens (tertiary/aromatic N) is 2. The number of methoxy groups -OCH3 is 1. The number of fused-ring (bicyclic) bond motifs is 1. The number of halogens is 1. The molecule has 25 heavy (non-hydrogen) atoms. The molecule has 0 saturated carbocycles. The maximum Gasteiger partial charge on any atom is 0.215 e. The molecule has 1 aliphatic rings. The van der Waals surface area contributed by atoms with Crippen LogP contribution in [-0.4, -0.2) is 18.0 Å². The van der Waals surface area contributed by atoms with Crippen molar-refractivity contribution in [3.8, 4) is 11.8 Å². The molecular weight excluding hydrogens is 340 g/mol. The number of nitrogen functional groups attached to an aromatic ring is 1. The van der Waals surface area contributed by atoms with E-state index in [0.717, 1.165) is 30.5 Å². The van der Waals surface area contributed by atoms with Gasteiger partial charge < -0.3 is 15.2 Å². The third kappa shape index (κ3) is 3.37. The van der Waals surface area contributed by atoms with E-state index in [-0.39, 0.29) is 17.2 Å². The van der Waals surface area contributed by atoms with Gasteiger partial charge in [0.15, 0.2) is 0 Å². The molecule has 0 saturated heterocycles. The van der Waals surface area contributed by atoms with Gasteiger partial charge in [-0.05, 0) is 49.1 Å². The molecule has 1 unspecified atom stereocenters. The predicted molar refractivity (Wildman–Crippen MR) is 95.0 cm³/mol. The van der Waals surface area contributed by atoms with Crippen molar-refractivity contribution < 1.29 is 9.47 Å². The van der Waals surface area contributed by atoms with Gasteiger partial charge in [0.1, 0.15) is 23.1 Å². The molecule has 2 aromatic rings. The summed E-state index contributed by atoms with van der Waals surface area (Å²) in [5.41, 5.74) is 8.93. The average Bonchev–Trinajstić information content (AvgIpc) is 2.62. The van der Waals surface area contributed by atoms with Crippen molar-refractivity contribution in [3.05, 3.63) is 51.8 Å². The highest BCUT2D eigenvalue weighted by Gasteiger charge is 2.25. The highest BCUT2D eigenvalue weighted by Crippen LogP contribution is 2.35. The Hall–Kier alpha value is -2.78. The summed E-state index contributed by atoms with van der Waals surface area (Å²) in [5, 5.41) is 17.1. The van der Waals surface area contributed by atoms with Crippen LogP contribution in [0.3, 0.4) is 0 Å². The summed E-state index contributed by atoms with van der Waals surface area (Å²) in [7, 11) is 1.42. The lowest BCUT2D eigenvalue weighted by atomic mass is 9.92. The summed E-state index contributed by atoms with van der Waals surface area (Å²) in [4.78, 5) is 4.38. The van der Waals surface area contributed by atoms with Crippen LogP contribution in [0, 0.1) is 16.7 Å². The Morgan fingerprint density at radius 3 is 2.96 bits per heavy atom. The highest BCUT2D eigenvalue weighted by atomic mass is 35.5. The molecule has 0 spiro atoms. The smallest absolute Gasteiger partial charge is 0.215 e. The summed E-state index contributed by atoms with van der Waals surface area (Å²) < 4.78 is 11.0. The fourth-order valence-corrected chi connectivity index (χ4v) is 3.10. The molecule has 1 aromatic carbocycles. The van der Waals surface area contributed by atoms with Gasteiger partial charge in [0.05, 0.1) is 23.9 Å². The summed E-state index contributed by atoms with van der Waals surface area (Å²) in [5.74, 6) is 0.554. The average molecular weight is 357 g/mol. The van der Waals surface area contributed by atoms with E-state index in [1.165, 1.54) is 7.11 Å². The van der Waals surface area contributed by atoms with E-state index in [4.69, 9.17) is 37.5 Å². The zero-order chi connectivity index (χ0) is 18.0. The Bertz CT molecular complexity index is 876. The van der Waals surface area contributed by atoms with Gasteiger partial charge in [-0.2, -0.15) is 5.26 Å². The fraction of sp³-hybridized carbons (Fsp3) is 0.278. The number of aryl methyl sites for hydroxylation is 1. The lowest BCUT2D eigenvalue weighted by molar-refractivity contribution is 0.178. The molecule has 7 heteroatoms. The van der Waals surface area contributed by atoms with Gasteiger partial charge >= 0.3 is 0 Å². The van der Waals surface area contributed by atoms with Crippen LogP contribution < -0.4 is 10.5 Å². The van der Waals surface area contributed by atoms with E-state index >= 15 is 0 Å². The fourth-order valence-electron chi connectivity index (χ4n) is 2.91. The number of hydrogen-bond donors (Lipinski definition) is 2. The van der Waals surface area contributed by atoms with Crippen LogP contribution in [0.15, 0.2) is 24.3 Å². The topological polar surface area (TPSA) is 105 Å². The Morgan fingerprint density at radius 1 is 1.44 bits per heavy atom. The molecule has 0 bridgehead atoms.